The van der Waals surface area contributed by atoms with Gasteiger partial charge in [0.25, 0.3) is 0 Å². The van der Waals surface area contributed by atoms with Crippen molar-refractivity contribution in [2.45, 2.75) is 30.9 Å². The van der Waals surface area contributed by atoms with E-state index < -0.39 is 0 Å². The second-order valence-electron chi connectivity index (χ2n) is 6.63. The third-order valence-corrected chi connectivity index (χ3v) is 5.28. The molecule has 4 nitrogen and oxygen atoms in total. The molecule has 0 aromatic heterocycles. The standard InChI is InChI=1S/C18H28N2O2/c1-19(16-6-4-3-5-7-16)17-14-18(22-15-17)8-10-20(11-9-18)12-13-21-2/h3-7,17H,8-15H2,1-2H3/t17-/m0/s1. The van der Waals surface area contributed by atoms with Crippen LogP contribution in [0.1, 0.15) is 19.3 Å². The van der Waals surface area contributed by atoms with E-state index in [1.807, 2.05) is 0 Å². The topological polar surface area (TPSA) is 24.9 Å². The number of benzene rings is 1. The van der Waals surface area contributed by atoms with Gasteiger partial charge in [0.2, 0.25) is 0 Å². The van der Waals surface area contributed by atoms with Crippen molar-refractivity contribution >= 4 is 5.69 Å². The molecule has 22 heavy (non-hydrogen) atoms. The monoisotopic (exact) mass is 304 g/mol. The van der Waals surface area contributed by atoms with Crippen LogP contribution < -0.4 is 4.90 Å². The SMILES string of the molecule is COCCN1CCC2(CC1)C[C@H](N(C)c1ccccc1)CO2. The fourth-order valence-corrected chi connectivity index (χ4v) is 3.70. The summed E-state index contributed by atoms with van der Waals surface area (Å²) in [5, 5.41) is 0. The number of ether oxygens (including phenoxy) is 2. The number of rotatable bonds is 5. The Morgan fingerprint density at radius 3 is 2.68 bits per heavy atom. The molecule has 2 saturated heterocycles. The molecular formula is C18H28N2O2. The summed E-state index contributed by atoms with van der Waals surface area (Å²) in [6.45, 7) is 4.98. The van der Waals surface area contributed by atoms with E-state index >= 15 is 0 Å². The fourth-order valence-electron chi connectivity index (χ4n) is 3.70. The molecule has 3 rings (SSSR count). The van der Waals surface area contributed by atoms with Crippen LogP contribution in [-0.4, -0.2) is 63.5 Å². The zero-order valence-corrected chi connectivity index (χ0v) is 13.8. The van der Waals surface area contributed by atoms with Gasteiger partial charge in [-0.1, -0.05) is 18.2 Å². The predicted molar refractivity (Wildman–Crippen MR) is 89.5 cm³/mol. The summed E-state index contributed by atoms with van der Waals surface area (Å²) in [4.78, 5) is 4.87. The molecule has 0 amide bonds. The van der Waals surface area contributed by atoms with Gasteiger partial charge in [0, 0.05) is 39.5 Å². The maximum atomic E-state index is 6.29. The Morgan fingerprint density at radius 1 is 1.27 bits per heavy atom. The molecule has 0 saturated carbocycles. The van der Waals surface area contributed by atoms with Crippen molar-refractivity contribution in [3.8, 4) is 0 Å². The number of piperidine rings is 1. The first kappa shape index (κ1) is 15.8. The first-order valence-electron chi connectivity index (χ1n) is 8.36. The third-order valence-electron chi connectivity index (χ3n) is 5.28. The molecule has 1 aromatic rings. The molecule has 1 spiro atoms. The van der Waals surface area contributed by atoms with Gasteiger partial charge in [-0.25, -0.2) is 0 Å². The molecule has 2 aliphatic rings. The lowest BCUT2D eigenvalue weighted by atomic mass is 9.87. The first-order valence-corrected chi connectivity index (χ1v) is 8.36. The van der Waals surface area contributed by atoms with E-state index in [1.54, 1.807) is 7.11 Å². The number of hydrogen-bond donors (Lipinski definition) is 0. The number of hydrogen-bond acceptors (Lipinski definition) is 4. The van der Waals surface area contributed by atoms with Crippen LogP contribution in [-0.2, 0) is 9.47 Å². The molecule has 0 radical (unpaired) electrons. The molecule has 0 bridgehead atoms. The minimum Gasteiger partial charge on any atom is -0.383 e. The Balaban J connectivity index is 1.54. The number of methoxy groups -OCH3 is 1. The molecule has 0 aliphatic carbocycles. The Bertz CT molecular complexity index is 457. The predicted octanol–water partition coefficient (Wildman–Crippen LogP) is 2.39. The molecule has 122 valence electrons. The van der Waals surface area contributed by atoms with Crippen molar-refractivity contribution in [1.82, 2.24) is 4.90 Å². The smallest absolute Gasteiger partial charge is 0.0728 e. The Labute approximate surface area is 134 Å². The van der Waals surface area contributed by atoms with E-state index in [9.17, 15) is 0 Å². The van der Waals surface area contributed by atoms with E-state index in [4.69, 9.17) is 9.47 Å². The highest BCUT2D eigenvalue weighted by Gasteiger charge is 2.43. The summed E-state index contributed by atoms with van der Waals surface area (Å²) in [5.41, 5.74) is 1.39. The van der Waals surface area contributed by atoms with Crippen molar-refractivity contribution < 1.29 is 9.47 Å². The van der Waals surface area contributed by atoms with Gasteiger partial charge >= 0.3 is 0 Å². The number of para-hydroxylation sites is 1. The van der Waals surface area contributed by atoms with Crippen molar-refractivity contribution in [3.05, 3.63) is 30.3 Å². The summed E-state index contributed by atoms with van der Waals surface area (Å²) < 4.78 is 11.5. The largest absolute Gasteiger partial charge is 0.383 e. The quantitative estimate of drug-likeness (QED) is 0.834. The molecule has 4 heteroatoms. The van der Waals surface area contributed by atoms with Gasteiger partial charge < -0.3 is 19.3 Å². The van der Waals surface area contributed by atoms with Crippen LogP contribution in [0, 0.1) is 0 Å². The van der Waals surface area contributed by atoms with E-state index in [-0.39, 0.29) is 5.60 Å². The van der Waals surface area contributed by atoms with Crippen LogP contribution in [0.3, 0.4) is 0 Å². The van der Waals surface area contributed by atoms with Crippen LogP contribution in [0.15, 0.2) is 30.3 Å². The summed E-state index contributed by atoms with van der Waals surface area (Å²) in [5.74, 6) is 0. The van der Waals surface area contributed by atoms with Gasteiger partial charge in [-0.3, -0.25) is 0 Å². The van der Waals surface area contributed by atoms with Crippen LogP contribution >= 0.6 is 0 Å². The number of nitrogens with zero attached hydrogens (tertiary/aromatic N) is 2. The summed E-state index contributed by atoms with van der Waals surface area (Å²) in [6, 6.07) is 11.1. The Morgan fingerprint density at radius 2 is 2.00 bits per heavy atom. The lowest BCUT2D eigenvalue weighted by Crippen LogP contribution is -2.45. The minimum absolute atomic E-state index is 0.108. The maximum Gasteiger partial charge on any atom is 0.0728 e. The summed E-state index contributed by atoms with van der Waals surface area (Å²) in [7, 11) is 3.96. The van der Waals surface area contributed by atoms with Gasteiger partial charge in [0.15, 0.2) is 0 Å². The number of likely N-dealkylation sites (tertiary alicyclic amines) is 1. The molecular weight excluding hydrogens is 276 g/mol. The lowest BCUT2D eigenvalue weighted by molar-refractivity contribution is -0.0460. The highest BCUT2D eigenvalue weighted by molar-refractivity contribution is 5.46. The van der Waals surface area contributed by atoms with Crippen LogP contribution in [0.2, 0.25) is 0 Å². The average molecular weight is 304 g/mol. The van der Waals surface area contributed by atoms with Crippen LogP contribution in [0.5, 0.6) is 0 Å². The molecule has 2 heterocycles. The third kappa shape index (κ3) is 3.45. The zero-order chi connectivity index (χ0) is 15.4. The highest BCUT2D eigenvalue weighted by Crippen LogP contribution is 2.38. The van der Waals surface area contributed by atoms with Crippen LogP contribution in [0.25, 0.3) is 0 Å². The van der Waals surface area contributed by atoms with E-state index in [2.05, 4.69) is 47.2 Å². The van der Waals surface area contributed by atoms with E-state index in [1.165, 1.54) is 5.69 Å². The Hall–Kier alpha value is -1.10. The van der Waals surface area contributed by atoms with Crippen molar-refractivity contribution in [2.75, 3.05) is 51.9 Å². The first-order chi connectivity index (χ1) is 10.7. The summed E-state index contributed by atoms with van der Waals surface area (Å²) >= 11 is 0. The van der Waals surface area contributed by atoms with Crippen molar-refractivity contribution in [1.29, 1.82) is 0 Å². The van der Waals surface area contributed by atoms with Gasteiger partial charge in [0.05, 0.1) is 24.9 Å². The van der Waals surface area contributed by atoms with Gasteiger partial charge in [-0.2, -0.15) is 0 Å². The summed E-state index contributed by atoms with van der Waals surface area (Å²) in [6.07, 6.45) is 3.45. The normalized spacial score (nSPS) is 24.7. The van der Waals surface area contributed by atoms with Gasteiger partial charge in [0.1, 0.15) is 0 Å². The van der Waals surface area contributed by atoms with E-state index in [0.717, 1.165) is 52.1 Å². The molecule has 2 aliphatic heterocycles. The van der Waals surface area contributed by atoms with Gasteiger partial charge in [-0.15, -0.1) is 0 Å². The highest BCUT2D eigenvalue weighted by atomic mass is 16.5. The van der Waals surface area contributed by atoms with Crippen molar-refractivity contribution in [2.24, 2.45) is 0 Å². The van der Waals surface area contributed by atoms with Crippen molar-refractivity contribution in [3.63, 3.8) is 0 Å². The van der Waals surface area contributed by atoms with Crippen LogP contribution in [0.4, 0.5) is 5.69 Å². The molecule has 1 aromatic carbocycles. The minimum atomic E-state index is 0.108. The Kier molecular flexibility index (Phi) is 5.01. The zero-order valence-electron chi connectivity index (χ0n) is 13.8. The number of anilines is 1. The molecule has 2 fully saturated rings. The second-order valence-corrected chi connectivity index (χ2v) is 6.63. The maximum absolute atomic E-state index is 6.29. The lowest BCUT2D eigenvalue weighted by Gasteiger charge is -2.39. The fraction of sp³-hybridized carbons (Fsp3) is 0.667. The molecule has 1 atom stereocenters. The molecule has 0 N–H and O–H groups in total. The van der Waals surface area contributed by atoms with E-state index in [0.29, 0.717) is 6.04 Å². The van der Waals surface area contributed by atoms with Gasteiger partial charge in [-0.05, 0) is 31.4 Å². The average Bonchev–Trinajstić information content (AvgIpc) is 2.98. The number of likely N-dealkylation sites (N-methyl/N-ethyl adjacent to an activating group) is 1. The molecule has 0 unspecified atom stereocenters. The second kappa shape index (κ2) is 6.99.